The molecule has 1 N–H and O–H groups in total. The van der Waals surface area contributed by atoms with Crippen LogP contribution in [0, 0.1) is 0 Å². The first-order chi connectivity index (χ1) is 8.26. The Balaban J connectivity index is 2.35. The third kappa shape index (κ3) is 2.42. The number of nitrogens with zero attached hydrogens (tertiary/aromatic N) is 2. The number of hydrogen-bond acceptors (Lipinski definition) is 3. The SMILES string of the molecule is CCNC(c1ccoc1)c1cc(CC)nn1C. The van der Waals surface area contributed by atoms with E-state index in [1.54, 1.807) is 12.5 Å². The molecule has 2 aromatic heterocycles. The van der Waals surface area contributed by atoms with E-state index in [0.717, 1.165) is 24.2 Å². The van der Waals surface area contributed by atoms with Crippen LogP contribution in [0.2, 0.25) is 0 Å². The van der Waals surface area contributed by atoms with Crippen molar-refractivity contribution in [2.45, 2.75) is 26.3 Å². The van der Waals surface area contributed by atoms with Gasteiger partial charge in [-0.05, 0) is 25.1 Å². The summed E-state index contributed by atoms with van der Waals surface area (Å²) in [6.45, 7) is 5.12. The Labute approximate surface area is 102 Å². The van der Waals surface area contributed by atoms with Crippen LogP contribution in [0.1, 0.15) is 36.8 Å². The number of aromatic nitrogens is 2. The lowest BCUT2D eigenvalue weighted by molar-refractivity contribution is 0.540. The molecule has 4 heteroatoms. The minimum atomic E-state index is 0.150. The molecule has 1 atom stereocenters. The fourth-order valence-corrected chi connectivity index (χ4v) is 2.02. The fourth-order valence-electron chi connectivity index (χ4n) is 2.02. The summed E-state index contributed by atoms with van der Waals surface area (Å²) in [6.07, 6.45) is 4.45. The standard InChI is InChI=1S/C13H19N3O/c1-4-11-8-12(16(3)15-11)13(14-5-2)10-6-7-17-9-10/h6-9,13-14H,4-5H2,1-3H3. The second-order valence-electron chi connectivity index (χ2n) is 4.09. The van der Waals surface area contributed by atoms with E-state index in [0.29, 0.717) is 0 Å². The molecule has 17 heavy (non-hydrogen) atoms. The molecule has 0 saturated heterocycles. The third-order valence-corrected chi connectivity index (χ3v) is 2.91. The first-order valence-electron chi connectivity index (χ1n) is 6.04. The molecule has 2 rings (SSSR count). The van der Waals surface area contributed by atoms with Gasteiger partial charge in [-0.15, -0.1) is 0 Å². The van der Waals surface area contributed by atoms with Gasteiger partial charge in [-0.3, -0.25) is 4.68 Å². The zero-order chi connectivity index (χ0) is 12.3. The summed E-state index contributed by atoms with van der Waals surface area (Å²) in [6, 6.07) is 4.29. The molecule has 2 heterocycles. The van der Waals surface area contributed by atoms with Crippen LogP contribution < -0.4 is 5.32 Å². The average molecular weight is 233 g/mol. The van der Waals surface area contributed by atoms with Crippen LogP contribution in [0.4, 0.5) is 0 Å². The van der Waals surface area contributed by atoms with E-state index in [-0.39, 0.29) is 6.04 Å². The molecule has 1 unspecified atom stereocenters. The molecule has 2 aromatic rings. The van der Waals surface area contributed by atoms with Gasteiger partial charge in [0.1, 0.15) is 0 Å². The summed E-state index contributed by atoms with van der Waals surface area (Å²) >= 11 is 0. The quantitative estimate of drug-likeness (QED) is 0.861. The van der Waals surface area contributed by atoms with Crippen LogP contribution in [-0.2, 0) is 13.5 Å². The predicted molar refractivity (Wildman–Crippen MR) is 66.8 cm³/mol. The van der Waals surface area contributed by atoms with Crippen molar-refractivity contribution in [3.63, 3.8) is 0 Å². The van der Waals surface area contributed by atoms with Crippen molar-refractivity contribution in [1.29, 1.82) is 0 Å². The zero-order valence-electron chi connectivity index (χ0n) is 10.6. The Morgan fingerprint density at radius 3 is 2.82 bits per heavy atom. The van der Waals surface area contributed by atoms with Gasteiger partial charge < -0.3 is 9.73 Å². The minimum Gasteiger partial charge on any atom is -0.472 e. The van der Waals surface area contributed by atoms with Crippen LogP contribution in [0.5, 0.6) is 0 Å². The molecule has 0 radical (unpaired) electrons. The molecule has 0 saturated carbocycles. The summed E-state index contributed by atoms with van der Waals surface area (Å²) in [4.78, 5) is 0. The summed E-state index contributed by atoms with van der Waals surface area (Å²) in [7, 11) is 1.99. The van der Waals surface area contributed by atoms with E-state index in [1.807, 2.05) is 17.8 Å². The highest BCUT2D eigenvalue weighted by atomic mass is 16.3. The lowest BCUT2D eigenvalue weighted by Gasteiger charge is -2.16. The third-order valence-electron chi connectivity index (χ3n) is 2.91. The summed E-state index contributed by atoms with van der Waals surface area (Å²) in [5, 5.41) is 7.95. The van der Waals surface area contributed by atoms with Gasteiger partial charge in [-0.2, -0.15) is 5.10 Å². The largest absolute Gasteiger partial charge is 0.472 e. The summed E-state index contributed by atoms with van der Waals surface area (Å²) in [5.41, 5.74) is 3.43. The van der Waals surface area contributed by atoms with Crippen LogP contribution >= 0.6 is 0 Å². The van der Waals surface area contributed by atoms with Gasteiger partial charge in [0.05, 0.1) is 30.0 Å². The normalized spacial score (nSPS) is 12.9. The van der Waals surface area contributed by atoms with Crippen molar-refractivity contribution < 1.29 is 4.42 Å². The van der Waals surface area contributed by atoms with Crippen molar-refractivity contribution >= 4 is 0 Å². The molecule has 0 amide bonds. The van der Waals surface area contributed by atoms with Gasteiger partial charge in [0.15, 0.2) is 0 Å². The van der Waals surface area contributed by atoms with Gasteiger partial charge >= 0.3 is 0 Å². The summed E-state index contributed by atoms with van der Waals surface area (Å²) < 4.78 is 7.11. The molecule has 0 aliphatic carbocycles. The van der Waals surface area contributed by atoms with E-state index in [4.69, 9.17) is 4.42 Å². The molecular formula is C13H19N3O. The fraction of sp³-hybridized carbons (Fsp3) is 0.462. The first-order valence-corrected chi connectivity index (χ1v) is 6.04. The van der Waals surface area contributed by atoms with Crippen molar-refractivity contribution in [2.75, 3.05) is 6.54 Å². The molecular weight excluding hydrogens is 214 g/mol. The number of nitrogens with one attached hydrogen (secondary N) is 1. The molecule has 92 valence electrons. The Kier molecular flexibility index (Phi) is 3.64. The Morgan fingerprint density at radius 1 is 1.47 bits per heavy atom. The van der Waals surface area contributed by atoms with Gasteiger partial charge in [-0.25, -0.2) is 0 Å². The maximum atomic E-state index is 5.17. The van der Waals surface area contributed by atoms with Crippen LogP contribution in [0.3, 0.4) is 0 Å². The number of rotatable bonds is 5. The van der Waals surface area contributed by atoms with Gasteiger partial charge in [0, 0.05) is 12.6 Å². The highest BCUT2D eigenvalue weighted by Gasteiger charge is 2.18. The molecule has 0 fully saturated rings. The zero-order valence-corrected chi connectivity index (χ0v) is 10.6. The van der Waals surface area contributed by atoms with Crippen molar-refractivity contribution in [3.05, 3.63) is 41.6 Å². The van der Waals surface area contributed by atoms with E-state index in [1.165, 1.54) is 5.69 Å². The number of aryl methyl sites for hydroxylation is 2. The molecule has 0 spiro atoms. The van der Waals surface area contributed by atoms with E-state index >= 15 is 0 Å². The van der Waals surface area contributed by atoms with Gasteiger partial charge in [0.2, 0.25) is 0 Å². The lowest BCUT2D eigenvalue weighted by Crippen LogP contribution is -2.23. The maximum Gasteiger partial charge on any atom is 0.0954 e. The minimum absolute atomic E-state index is 0.150. The highest BCUT2D eigenvalue weighted by Crippen LogP contribution is 2.22. The van der Waals surface area contributed by atoms with Crippen LogP contribution in [0.15, 0.2) is 29.1 Å². The van der Waals surface area contributed by atoms with Crippen LogP contribution in [0.25, 0.3) is 0 Å². The monoisotopic (exact) mass is 233 g/mol. The molecule has 0 aromatic carbocycles. The smallest absolute Gasteiger partial charge is 0.0954 e. The Morgan fingerprint density at radius 2 is 2.29 bits per heavy atom. The number of furan rings is 1. The Hall–Kier alpha value is -1.55. The molecule has 4 nitrogen and oxygen atoms in total. The predicted octanol–water partition coefficient (Wildman–Crippen LogP) is 2.27. The van der Waals surface area contributed by atoms with Gasteiger partial charge in [-0.1, -0.05) is 13.8 Å². The number of hydrogen-bond donors (Lipinski definition) is 1. The van der Waals surface area contributed by atoms with E-state index < -0.39 is 0 Å². The van der Waals surface area contributed by atoms with E-state index in [2.05, 4.69) is 30.3 Å². The average Bonchev–Trinajstić information content (AvgIpc) is 2.95. The lowest BCUT2D eigenvalue weighted by atomic mass is 10.1. The van der Waals surface area contributed by atoms with Crippen molar-refractivity contribution in [2.24, 2.45) is 7.05 Å². The molecule has 0 aliphatic heterocycles. The highest BCUT2D eigenvalue weighted by molar-refractivity contribution is 5.26. The second-order valence-corrected chi connectivity index (χ2v) is 4.09. The van der Waals surface area contributed by atoms with Crippen LogP contribution in [-0.4, -0.2) is 16.3 Å². The van der Waals surface area contributed by atoms with Crippen molar-refractivity contribution in [1.82, 2.24) is 15.1 Å². The second kappa shape index (κ2) is 5.19. The maximum absolute atomic E-state index is 5.17. The van der Waals surface area contributed by atoms with Crippen molar-refractivity contribution in [3.8, 4) is 0 Å². The van der Waals surface area contributed by atoms with Gasteiger partial charge in [0.25, 0.3) is 0 Å². The summed E-state index contributed by atoms with van der Waals surface area (Å²) in [5.74, 6) is 0. The molecule has 0 bridgehead atoms. The Bertz CT molecular complexity index is 459. The first kappa shape index (κ1) is 11.9. The molecule has 0 aliphatic rings. The van der Waals surface area contributed by atoms with E-state index in [9.17, 15) is 0 Å². The topological polar surface area (TPSA) is 43.0 Å².